The number of rotatable bonds is 4. The van der Waals surface area contributed by atoms with Gasteiger partial charge in [0.2, 0.25) is 0 Å². The van der Waals surface area contributed by atoms with Crippen LogP contribution < -0.4 is 10.1 Å². The van der Waals surface area contributed by atoms with Crippen molar-refractivity contribution in [2.24, 2.45) is 5.41 Å². The van der Waals surface area contributed by atoms with Crippen LogP contribution in [-0.4, -0.2) is 59.5 Å². The maximum absolute atomic E-state index is 12.8. The molecule has 1 aromatic carbocycles. The van der Waals surface area contributed by atoms with Crippen LogP contribution in [0.3, 0.4) is 0 Å². The molecule has 1 aromatic heterocycles. The minimum Gasteiger partial charge on any atom is -0.493 e. The molecule has 7 nitrogen and oxygen atoms in total. The van der Waals surface area contributed by atoms with Crippen molar-refractivity contribution < 1.29 is 14.3 Å². The molecule has 0 radical (unpaired) electrons. The maximum atomic E-state index is 12.8. The van der Waals surface area contributed by atoms with E-state index in [1.807, 2.05) is 12.1 Å². The molecule has 0 spiro atoms. The lowest BCUT2D eigenvalue weighted by Gasteiger charge is -2.34. The third-order valence-corrected chi connectivity index (χ3v) is 4.54. The van der Waals surface area contributed by atoms with E-state index in [2.05, 4.69) is 31.1 Å². The Labute approximate surface area is 171 Å². The van der Waals surface area contributed by atoms with E-state index >= 15 is 0 Å². The molecular weight excluding hydrogens is 368 g/mol. The Morgan fingerprint density at radius 3 is 2.28 bits per heavy atom. The number of hydrogen-bond acceptors (Lipinski definition) is 4. The third kappa shape index (κ3) is 5.94. The fourth-order valence-corrected chi connectivity index (χ4v) is 2.93. The fraction of sp³-hybridized carbons (Fsp3) is 0.409. The lowest BCUT2D eigenvalue weighted by Crippen LogP contribution is -2.51. The van der Waals surface area contributed by atoms with Crippen LogP contribution in [-0.2, 0) is 0 Å². The van der Waals surface area contributed by atoms with Crippen LogP contribution in [0.4, 0.5) is 10.5 Å². The Balaban J connectivity index is 1.50. The van der Waals surface area contributed by atoms with Gasteiger partial charge in [-0.1, -0.05) is 20.8 Å². The minimum absolute atomic E-state index is 0.0281. The number of carbonyl (C=O) groups excluding carboxylic acids is 2. The number of aromatic nitrogens is 1. The van der Waals surface area contributed by atoms with Crippen molar-refractivity contribution in [3.63, 3.8) is 0 Å². The highest BCUT2D eigenvalue weighted by Crippen LogP contribution is 2.19. The van der Waals surface area contributed by atoms with Crippen molar-refractivity contribution in [1.29, 1.82) is 0 Å². The number of benzene rings is 1. The van der Waals surface area contributed by atoms with Crippen molar-refractivity contribution in [3.05, 3.63) is 54.4 Å². The van der Waals surface area contributed by atoms with Gasteiger partial charge in [0.15, 0.2) is 0 Å². The van der Waals surface area contributed by atoms with Crippen molar-refractivity contribution in [2.45, 2.75) is 20.8 Å². The summed E-state index contributed by atoms with van der Waals surface area (Å²) in [6, 6.07) is 10.6. The summed E-state index contributed by atoms with van der Waals surface area (Å²) >= 11 is 0. The standard InChI is InChI=1S/C22H28N4O3/c1-22(2,3)16-29-19-8-6-17(7-9-19)20(27)25-11-13-26(14-12-25)21(28)24-18-5-4-10-23-15-18/h4-10,15H,11-14,16H2,1-3H3,(H,24,28). The molecule has 0 bridgehead atoms. The number of nitrogens with zero attached hydrogens (tertiary/aromatic N) is 3. The molecule has 3 amide bonds. The van der Waals surface area contributed by atoms with E-state index in [0.717, 1.165) is 5.75 Å². The molecule has 29 heavy (non-hydrogen) atoms. The largest absolute Gasteiger partial charge is 0.493 e. The number of pyridine rings is 1. The zero-order valence-corrected chi connectivity index (χ0v) is 17.2. The summed E-state index contributed by atoms with van der Waals surface area (Å²) in [7, 11) is 0. The number of piperazine rings is 1. The summed E-state index contributed by atoms with van der Waals surface area (Å²) in [5, 5.41) is 2.82. The van der Waals surface area contributed by atoms with Gasteiger partial charge in [0.05, 0.1) is 18.5 Å². The van der Waals surface area contributed by atoms with Crippen LogP contribution in [0.25, 0.3) is 0 Å². The van der Waals surface area contributed by atoms with Gasteiger partial charge in [-0.2, -0.15) is 0 Å². The van der Waals surface area contributed by atoms with E-state index in [1.165, 1.54) is 0 Å². The second-order valence-corrected chi connectivity index (χ2v) is 8.32. The van der Waals surface area contributed by atoms with E-state index in [9.17, 15) is 9.59 Å². The third-order valence-electron chi connectivity index (χ3n) is 4.54. The van der Waals surface area contributed by atoms with E-state index in [1.54, 1.807) is 46.5 Å². The number of amides is 3. The van der Waals surface area contributed by atoms with Gasteiger partial charge >= 0.3 is 6.03 Å². The highest BCUT2D eigenvalue weighted by atomic mass is 16.5. The second kappa shape index (κ2) is 8.94. The van der Waals surface area contributed by atoms with Crippen molar-refractivity contribution in [3.8, 4) is 5.75 Å². The van der Waals surface area contributed by atoms with Crippen LogP contribution in [0.15, 0.2) is 48.8 Å². The van der Waals surface area contributed by atoms with Crippen LogP contribution >= 0.6 is 0 Å². The van der Waals surface area contributed by atoms with Gasteiger partial charge in [-0.05, 0) is 41.8 Å². The van der Waals surface area contributed by atoms with Gasteiger partial charge in [-0.3, -0.25) is 9.78 Å². The van der Waals surface area contributed by atoms with Crippen molar-refractivity contribution in [2.75, 3.05) is 38.1 Å². The molecule has 3 rings (SSSR count). The minimum atomic E-state index is -0.176. The maximum Gasteiger partial charge on any atom is 0.322 e. The Hall–Kier alpha value is -3.09. The lowest BCUT2D eigenvalue weighted by molar-refractivity contribution is 0.0671. The van der Waals surface area contributed by atoms with E-state index in [0.29, 0.717) is 44.0 Å². The zero-order valence-electron chi connectivity index (χ0n) is 17.2. The summed E-state index contributed by atoms with van der Waals surface area (Å²) in [5.74, 6) is 0.730. The van der Waals surface area contributed by atoms with Gasteiger partial charge in [-0.15, -0.1) is 0 Å². The predicted octanol–water partition coefficient (Wildman–Crippen LogP) is 3.50. The summed E-state index contributed by atoms with van der Waals surface area (Å²) in [4.78, 5) is 32.6. The first-order valence-corrected chi connectivity index (χ1v) is 9.80. The number of urea groups is 1. The normalized spacial score (nSPS) is 14.4. The first-order chi connectivity index (χ1) is 13.8. The molecule has 2 aromatic rings. The number of ether oxygens (including phenoxy) is 1. The van der Waals surface area contributed by atoms with E-state index in [-0.39, 0.29) is 17.4 Å². The molecule has 1 aliphatic rings. The number of anilines is 1. The topological polar surface area (TPSA) is 74.8 Å². The molecule has 7 heteroatoms. The highest BCUT2D eigenvalue weighted by Gasteiger charge is 2.25. The summed E-state index contributed by atoms with van der Waals surface area (Å²) in [5.41, 5.74) is 1.36. The monoisotopic (exact) mass is 396 g/mol. The Morgan fingerprint density at radius 1 is 1.03 bits per heavy atom. The molecular formula is C22H28N4O3. The summed E-state index contributed by atoms with van der Waals surface area (Å²) < 4.78 is 5.76. The molecule has 2 heterocycles. The first-order valence-electron chi connectivity index (χ1n) is 9.80. The molecule has 0 atom stereocenters. The lowest BCUT2D eigenvalue weighted by atomic mass is 9.99. The average Bonchev–Trinajstić information content (AvgIpc) is 2.72. The van der Waals surface area contributed by atoms with Crippen LogP contribution in [0.2, 0.25) is 0 Å². The molecule has 1 N–H and O–H groups in total. The van der Waals surface area contributed by atoms with E-state index < -0.39 is 0 Å². The SMILES string of the molecule is CC(C)(C)COc1ccc(C(=O)N2CCN(C(=O)Nc3cccnc3)CC2)cc1. The van der Waals surface area contributed by atoms with Crippen molar-refractivity contribution in [1.82, 2.24) is 14.8 Å². The number of hydrogen-bond donors (Lipinski definition) is 1. The molecule has 1 saturated heterocycles. The zero-order chi connectivity index (χ0) is 20.9. The van der Waals surface area contributed by atoms with Gasteiger partial charge in [0.1, 0.15) is 5.75 Å². The van der Waals surface area contributed by atoms with Gasteiger partial charge in [0.25, 0.3) is 5.91 Å². The van der Waals surface area contributed by atoms with Crippen LogP contribution in [0.1, 0.15) is 31.1 Å². The summed E-state index contributed by atoms with van der Waals surface area (Å²) in [6.07, 6.45) is 3.26. The fourth-order valence-electron chi connectivity index (χ4n) is 2.93. The molecule has 1 aliphatic heterocycles. The predicted molar refractivity (Wildman–Crippen MR) is 112 cm³/mol. The molecule has 0 saturated carbocycles. The second-order valence-electron chi connectivity index (χ2n) is 8.32. The Kier molecular flexibility index (Phi) is 6.36. The quantitative estimate of drug-likeness (QED) is 0.858. The van der Waals surface area contributed by atoms with Gasteiger partial charge < -0.3 is 19.9 Å². The Bertz CT molecular complexity index is 823. The van der Waals surface area contributed by atoms with Crippen molar-refractivity contribution >= 4 is 17.6 Å². The summed E-state index contributed by atoms with van der Waals surface area (Å²) in [6.45, 7) is 8.94. The van der Waals surface area contributed by atoms with E-state index in [4.69, 9.17) is 4.74 Å². The van der Waals surface area contributed by atoms with Gasteiger partial charge in [0, 0.05) is 37.9 Å². The van der Waals surface area contributed by atoms with Gasteiger partial charge in [-0.25, -0.2) is 4.79 Å². The highest BCUT2D eigenvalue weighted by molar-refractivity contribution is 5.94. The number of nitrogens with one attached hydrogen (secondary N) is 1. The molecule has 1 fully saturated rings. The van der Waals surface area contributed by atoms with Crippen LogP contribution in [0, 0.1) is 5.41 Å². The number of carbonyl (C=O) groups is 2. The molecule has 0 unspecified atom stereocenters. The average molecular weight is 396 g/mol. The molecule has 154 valence electrons. The van der Waals surface area contributed by atoms with Crippen LogP contribution in [0.5, 0.6) is 5.75 Å². The smallest absolute Gasteiger partial charge is 0.322 e. The first kappa shape index (κ1) is 20.6. The molecule has 0 aliphatic carbocycles. The Morgan fingerprint density at radius 2 is 1.69 bits per heavy atom.